The van der Waals surface area contributed by atoms with Gasteiger partial charge in [-0.2, -0.15) is 0 Å². The van der Waals surface area contributed by atoms with Gasteiger partial charge in [-0.1, -0.05) is 0 Å². The van der Waals surface area contributed by atoms with E-state index in [-0.39, 0.29) is 42.3 Å². The molecule has 0 fully saturated rings. The third-order valence-corrected chi connectivity index (χ3v) is 34.3. The molecule has 4 rings (SSSR count). The van der Waals surface area contributed by atoms with Gasteiger partial charge < -0.3 is 37.2 Å². The number of rotatable bonds is 10. The predicted molar refractivity (Wildman–Crippen MR) is 276 cm³/mol. The van der Waals surface area contributed by atoms with Crippen LogP contribution in [-0.4, -0.2) is 56.5 Å². The van der Waals surface area contributed by atoms with Crippen LogP contribution >= 0.6 is 0 Å². The van der Waals surface area contributed by atoms with Gasteiger partial charge in [0.25, 0.3) is 0 Å². The summed E-state index contributed by atoms with van der Waals surface area (Å²) >= 11 is 2.56. The fourth-order valence-electron chi connectivity index (χ4n) is 10.1. The van der Waals surface area contributed by atoms with Crippen molar-refractivity contribution in [3.8, 4) is 0 Å². The molecule has 0 spiro atoms. The second kappa shape index (κ2) is 18.3. The van der Waals surface area contributed by atoms with E-state index < -0.39 is 56.5 Å². The molecular formula is C48H81Cl3Si7Ti. The first-order valence-electron chi connectivity index (χ1n) is 21.5. The van der Waals surface area contributed by atoms with Crippen LogP contribution in [0.1, 0.15) is 44.4 Å². The first kappa shape index (κ1) is 57.3. The fraction of sp³-hybridized carbons (Fsp3) is 0.542. The second-order valence-corrected chi connectivity index (χ2v) is 59.5. The molecule has 0 bridgehead atoms. The van der Waals surface area contributed by atoms with E-state index in [2.05, 4.69) is 223 Å². The fourth-order valence-corrected chi connectivity index (χ4v) is 28.8. The molecule has 0 heterocycles. The van der Waals surface area contributed by atoms with E-state index in [1.807, 2.05) is 0 Å². The van der Waals surface area contributed by atoms with Gasteiger partial charge in [-0.25, -0.2) is 0 Å². The van der Waals surface area contributed by atoms with Gasteiger partial charge in [0.05, 0.1) is 0 Å². The average molecular weight is 1010 g/mol. The minimum Gasteiger partial charge on any atom is -1.00 e. The molecular weight excluding hydrogens is 927 g/mol. The number of allylic oxidation sites excluding steroid dienone is 4. The van der Waals surface area contributed by atoms with Crippen LogP contribution in [0, 0.1) is 20.8 Å². The average Bonchev–Trinajstić information content (AvgIpc) is 3.15. The van der Waals surface area contributed by atoms with E-state index in [4.69, 9.17) is 0 Å². The van der Waals surface area contributed by atoms with Gasteiger partial charge in [0.1, 0.15) is 0 Å². The number of hydrogen-bond donors (Lipinski definition) is 0. The van der Waals surface area contributed by atoms with E-state index in [0.717, 1.165) is 0 Å². The maximum Gasteiger partial charge on any atom is -1.00 e. The Kier molecular flexibility index (Phi) is 17.7. The normalized spacial score (nSPS) is 17.2. The van der Waals surface area contributed by atoms with Crippen LogP contribution in [0.4, 0.5) is 0 Å². The first-order chi connectivity index (χ1) is 24.9. The third kappa shape index (κ3) is 10.1. The Morgan fingerprint density at radius 1 is 0.356 bits per heavy atom. The van der Waals surface area contributed by atoms with Crippen molar-refractivity contribution in [3.05, 3.63) is 73.7 Å². The SMILES string of the molecule is CC1=C(C)C(C)([Si](c2cc([Si](C)(C)C)cc([Si](C)(C)C)c2C)(c2cc([Si](C)(C)C)cc([Si](C)(C)C)c2C)c2cc([Si](C)(C)C)cc([Si](C)(C)C)c2C)[C]([Ti+3])=C1C.[Cl-].[Cl-].[Cl-]. The maximum atomic E-state index is 2.87. The quantitative estimate of drug-likeness (QED) is 0.203. The maximum absolute atomic E-state index is 3.10. The number of benzene rings is 3. The molecule has 0 saturated heterocycles. The van der Waals surface area contributed by atoms with E-state index >= 15 is 0 Å². The van der Waals surface area contributed by atoms with Crippen LogP contribution < -0.4 is 83.9 Å². The van der Waals surface area contributed by atoms with Crippen molar-refractivity contribution in [2.75, 3.05) is 0 Å². The molecule has 0 saturated carbocycles. The van der Waals surface area contributed by atoms with Crippen molar-refractivity contribution >= 4 is 103 Å². The van der Waals surface area contributed by atoms with Crippen molar-refractivity contribution in [2.45, 2.75) is 171 Å². The topological polar surface area (TPSA) is 0 Å². The summed E-state index contributed by atoms with van der Waals surface area (Å²) in [5.74, 6) is 0. The summed E-state index contributed by atoms with van der Waals surface area (Å²) in [6.45, 7) is 64.9. The molecule has 1 aliphatic rings. The van der Waals surface area contributed by atoms with Gasteiger partial charge >= 0.3 is 369 Å². The summed E-state index contributed by atoms with van der Waals surface area (Å²) in [6.07, 6.45) is 0. The second-order valence-electron chi connectivity index (χ2n) is 24.2. The van der Waals surface area contributed by atoms with E-state index in [1.54, 1.807) is 72.8 Å². The molecule has 1 atom stereocenters. The largest absolute Gasteiger partial charge is 1.00 e. The van der Waals surface area contributed by atoms with Gasteiger partial charge in [-0.15, -0.1) is 0 Å². The Morgan fingerprint density at radius 2 is 0.576 bits per heavy atom. The van der Waals surface area contributed by atoms with Gasteiger partial charge in [-0.3, -0.25) is 0 Å². The molecule has 0 radical (unpaired) electrons. The van der Waals surface area contributed by atoms with E-state index in [1.165, 1.54) is 11.1 Å². The van der Waals surface area contributed by atoms with E-state index in [0.29, 0.717) is 0 Å². The molecule has 0 N–H and O–H groups in total. The Labute approximate surface area is 402 Å². The van der Waals surface area contributed by atoms with Crippen LogP contribution in [0.2, 0.25) is 123 Å². The third-order valence-electron chi connectivity index (χ3n) is 14.0. The number of hydrogen-bond acceptors (Lipinski definition) is 0. The number of halogens is 3. The predicted octanol–water partition coefficient (Wildman–Crippen LogP) is 0.296. The summed E-state index contributed by atoms with van der Waals surface area (Å²) in [6, 6.07) is 16.8. The van der Waals surface area contributed by atoms with Gasteiger partial charge in [0.15, 0.2) is 0 Å². The minimum atomic E-state index is -3.10. The zero-order chi connectivity index (χ0) is 43.5. The summed E-state index contributed by atoms with van der Waals surface area (Å²) < 4.78 is 1.62. The monoisotopic (exact) mass is 1010 g/mol. The molecule has 326 valence electrons. The Bertz CT molecular complexity index is 1920. The molecule has 0 amide bonds. The van der Waals surface area contributed by atoms with Gasteiger partial charge in [0, 0.05) is 0 Å². The smallest absolute Gasteiger partial charge is 1.00 e. The summed E-state index contributed by atoms with van der Waals surface area (Å²) in [5.41, 5.74) is 9.51. The van der Waals surface area contributed by atoms with Crippen LogP contribution in [0.15, 0.2) is 57.0 Å². The zero-order valence-electron chi connectivity index (χ0n) is 42.1. The van der Waals surface area contributed by atoms with Crippen LogP contribution in [0.3, 0.4) is 0 Å². The Balaban J connectivity index is 0.00000580. The van der Waals surface area contributed by atoms with Crippen molar-refractivity contribution in [2.24, 2.45) is 0 Å². The van der Waals surface area contributed by atoms with Crippen molar-refractivity contribution in [1.82, 2.24) is 0 Å². The molecule has 3 aromatic carbocycles. The molecule has 11 heteroatoms. The Hall–Kier alpha value is 0.242. The Morgan fingerprint density at radius 3 is 0.746 bits per heavy atom. The van der Waals surface area contributed by atoms with Crippen LogP contribution in [0.5, 0.6) is 0 Å². The molecule has 0 aliphatic heterocycles. The molecule has 0 aromatic heterocycles. The van der Waals surface area contributed by atoms with Crippen LogP contribution in [0.25, 0.3) is 0 Å². The molecule has 59 heavy (non-hydrogen) atoms. The summed E-state index contributed by atoms with van der Waals surface area (Å²) in [4.78, 5) is 0. The molecule has 3 aromatic rings. The summed E-state index contributed by atoms with van der Waals surface area (Å²) in [7, 11) is -13.6. The van der Waals surface area contributed by atoms with E-state index in [9.17, 15) is 0 Å². The van der Waals surface area contributed by atoms with Gasteiger partial charge in [0.2, 0.25) is 0 Å². The molecule has 0 nitrogen and oxygen atoms in total. The summed E-state index contributed by atoms with van der Waals surface area (Å²) in [5, 5.41) is 15.1. The van der Waals surface area contributed by atoms with Gasteiger partial charge in [-0.05, 0) is 0 Å². The van der Waals surface area contributed by atoms with Crippen LogP contribution in [-0.2, 0) is 20.4 Å². The zero-order valence-corrected chi connectivity index (χ0v) is 52.9. The van der Waals surface area contributed by atoms with Crippen molar-refractivity contribution in [3.63, 3.8) is 0 Å². The minimum absolute atomic E-state index is 0. The molecule has 1 aliphatic carbocycles. The first-order valence-corrected chi connectivity index (χ1v) is 45.2. The standard InChI is InChI=1S/C48H81Si7.3ClH.Ti/c1-33-32-48(7,38(6)34(33)2)55(45-29-39(49(8,9)10)26-42(35(45)3)52(17,18)19,46-30-40(50(11,12)13)27-43(36(46)4)53(20,21)22)47-31-41(51(14,15)16)28-44(37(47)5)54(23,24)25;;;;/h26-31H,1-25H3;3*1H;/q;;;;+3/p-3. The molecule has 1 unspecified atom stereocenters. The van der Waals surface area contributed by atoms with Crippen molar-refractivity contribution < 1.29 is 57.7 Å². The van der Waals surface area contributed by atoms with Crippen molar-refractivity contribution in [1.29, 1.82) is 0 Å².